The Hall–Kier alpha value is -1.75. The number of hydrogen-bond acceptors (Lipinski definition) is 4. The number of rotatable bonds is 1. The molecule has 1 aliphatic rings. The van der Waals surface area contributed by atoms with Crippen molar-refractivity contribution >= 4 is 38.9 Å². The molecule has 0 N–H and O–H groups in total. The Morgan fingerprint density at radius 3 is 2.94 bits per heavy atom. The number of amides is 1. The molecule has 0 saturated carbocycles. The molecule has 1 amide bonds. The van der Waals surface area contributed by atoms with Gasteiger partial charge in [-0.05, 0) is 18.2 Å². The number of hydrogen-bond donors (Lipinski definition) is 0. The van der Waals surface area contributed by atoms with E-state index in [2.05, 4.69) is 4.98 Å². The van der Waals surface area contributed by atoms with Crippen LogP contribution in [0.1, 0.15) is 6.42 Å². The van der Waals surface area contributed by atoms with E-state index in [4.69, 9.17) is 0 Å². The fourth-order valence-electron chi connectivity index (χ4n) is 1.83. The zero-order valence-corrected chi connectivity index (χ0v) is 9.16. The Bertz CT molecular complexity index is 590. The van der Waals surface area contributed by atoms with Gasteiger partial charge in [-0.1, -0.05) is 0 Å². The first-order chi connectivity index (χ1) is 7.74. The molecule has 0 unspecified atom stereocenters. The standard InChI is InChI=1S/C11H8N2O2S/c14-8-4-11(15)13(5-8)7-1-2-9-10(3-7)16-6-12-9/h1-3,6H,4-5H2. The smallest absolute Gasteiger partial charge is 0.234 e. The minimum absolute atomic E-state index is 0.0191. The number of thiazole rings is 1. The molecule has 0 bridgehead atoms. The van der Waals surface area contributed by atoms with Crippen LogP contribution in [0.5, 0.6) is 0 Å². The highest BCUT2D eigenvalue weighted by Gasteiger charge is 2.28. The first kappa shape index (κ1) is 9.47. The molecule has 2 heterocycles. The maximum atomic E-state index is 11.6. The summed E-state index contributed by atoms with van der Waals surface area (Å²) in [6, 6.07) is 5.61. The van der Waals surface area contributed by atoms with Crippen molar-refractivity contribution in [1.82, 2.24) is 4.98 Å². The number of Topliss-reactive ketones (excluding diaryl/α,β-unsaturated/α-hetero) is 1. The fourth-order valence-corrected chi connectivity index (χ4v) is 2.54. The molecule has 1 aromatic carbocycles. The Morgan fingerprint density at radius 2 is 2.19 bits per heavy atom. The maximum Gasteiger partial charge on any atom is 0.234 e. The molecule has 1 aliphatic heterocycles. The predicted molar refractivity (Wildman–Crippen MR) is 61.6 cm³/mol. The first-order valence-corrected chi connectivity index (χ1v) is 5.77. The van der Waals surface area contributed by atoms with Crippen molar-refractivity contribution in [2.75, 3.05) is 11.4 Å². The van der Waals surface area contributed by atoms with Crippen molar-refractivity contribution in [3.05, 3.63) is 23.7 Å². The predicted octanol–water partition coefficient (Wildman–Crippen LogP) is 1.60. The molecule has 80 valence electrons. The third-order valence-corrected chi connectivity index (χ3v) is 3.40. The zero-order valence-electron chi connectivity index (χ0n) is 8.34. The van der Waals surface area contributed by atoms with Crippen LogP contribution in [0.2, 0.25) is 0 Å². The van der Waals surface area contributed by atoms with Gasteiger partial charge in [-0.15, -0.1) is 11.3 Å². The number of benzene rings is 1. The number of anilines is 1. The summed E-state index contributed by atoms with van der Waals surface area (Å²) in [5, 5.41) is 0. The summed E-state index contributed by atoms with van der Waals surface area (Å²) in [4.78, 5) is 28.4. The Kier molecular flexibility index (Phi) is 2.00. The van der Waals surface area contributed by atoms with Crippen molar-refractivity contribution in [3.8, 4) is 0 Å². The Labute approximate surface area is 95.5 Å². The van der Waals surface area contributed by atoms with E-state index in [1.165, 1.54) is 16.2 Å². The van der Waals surface area contributed by atoms with Crippen LogP contribution >= 0.6 is 11.3 Å². The normalized spacial score (nSPS) is 16.4. The van der Waals surface area contributed by atoms with Crippen molar-refractivity contribution in [1.29, 1.82) is 0 Å². The molecule has 2 aromatic rings. The van der Waals surface area contributed by atoms with Crippen LogP contribution in [0.25, 0.3) is 10.2 Å². The number of nitrogens with zero attached hydrogens (tertiary/aromatic N) is 2. The molecule has 0 radical (unpaired) electrons. The number of carbonyl (C=O) groups is 2. The lowest BCUT2D eigenvalue weighted by Crippen LogP contribution is -2.24. The highest BCUT2D eigenvalue weighted by Crippen LogP contribution is 2.26. The minimum Gasteiger partial charge on any atom is -0.305 e. The monoisotopic (exact) mass is 232 g/mol. The summed E-state index contributed by atoms with van der Waals surface area (Å²) in [5.41, 5.74) is 3.48. The molecular weight excluding hydrogens is 224 g/mol. The highest BCUT2D eigenvalue weighted by molar-refractivity contribution is 7.16. The van der Waals surface area contributed by atoms with Gasteiger partial charge in [-0.3, -0.25) is 9.59 Å². The van der Waals surface area contributed by atoms with E-state index in [1.807, 2.05) is 18.2 Å². The van der Waals surface area contributed by atoms with Gasteiger partial charge in [0.1, 0.15) is 0 Å². The molecule has 0 atom stereocenters. The van der Waals surface area contributed by atoms with E-state index in [9.17, 15) is 9.59 Å². The van der Waals surface area contributed by atoms with Crippen LogP contribution in [0.15, 0.2) is 23.7 Å². The molecule has 1 fully saturated rings. The molecule has 4 nitrogen and oxygen atoms in total. The number of aromatic nitrogens is 1. The number of ketones is 1. The van der Waals surface area contributed by atoms with Crippen LogP contribution in [0.3, 0.4) is 0 Å². The lowest BCUT2D eigenvalue weighted by Gasteiger charge is -2.14. The van der Waals surface area contributed by atoms with Gasteiger partial charge >= 0.3 is 0 Å². The van der Waals surface area contributed by atoms with Crippen molar-refractivity contribution in [2.45, 2.75) is 6.42 Å². The van der Waals surface area contributed by atoms with Crippen LogP contribution in [-0.2, 0) is 9.59 Å². The molecule has 0 spiro atoms. The molecule has 0 aliphatic carbocycles. The second-order valence-electron chi connectivity index (χ2n) is 3.70. The first-order valence-electron chi connectivity index (χ1n) is 4.89. The number of fused-ring (bicyclic) bond motifs is 1. The average molecular weight is 232 g/mol. The molecule has 5 heteroatoms. The number of carbonyl (C=O) groups excluding carboxylic acids is 2. The topological polar surface area (TPSA) is 50.3 Å². The highest BCUT2D eigenvalue weighted by atomic mass is 32.1. The van der Waals surface area contributed by atoms with Gasteiger partial charge in [0.2, 0.25) is 5.91 Å². The van der Waals surface area contributed by atoms with Gasteiger partial charge in [0.25, 0.3) is 0 Å². The summed E-state index contributed by atoms with van der Waals surface area (Å²) in [6.07, 6.45) is 0.0285. The Balaban J connectivity index is 2.05. The van der Waals surface area contributed by atoms with E-state index in [-0.39, 0.29) is 24.7 Å². The lowest BCUT2D eigenvalue weighted by molar-refractivity contribution is -0.121. The van der Waals surface area contributed by atoms with Crippen molar-refractivity contribution in [2.24, 2.45) is 0 Å². The quantitative estimate of drug-likeness (QED) is 0.702. The molecule has 3 rings (SSSR count). The van der Waals surface area contributed by atoms with E-state index in [1.54, 1.807) is 5.51 Å². The molecule has 16 heavy (non-hydrogen) atoms. The lowest BCUT2D eigenvalue weighted by atomic mass is 10.3. The largest absolute Gasteiger partial charge is 0.305 e. The van der Waals surface area contributed by atoms with Crippen molar-refractivity contribution < 1.29 is 9.59 Å². The maximum absolute atomic E-state index is 11.6. The van der Waals surface area contributed by atoms with E-state index in [0.717, 1.165) is 15.9 Å². The molecule has 1 aromatic heterocycles. The third-order valence-electron chi connectivity index (χ3n) is 2.61. The summed E-state index contributed by atoms with van der Waals surface area (Å²) in [6.45, 7) is 0.198. The van der Waals surface area contributed by atoms with Crippen LogP contribution < -0.4 is 4.90 Å². The average Bonchev–Trinajstić information content (AvgIpc) is 2.83. The van der Waals surface area contributed by atoms with Gasteiger partial charge in [0, 0.05) is 5.69 Å². The van der Waals surface area contributed by atoms with Crippen molar-refractivity contribution in [3.63, 3.8) is 0 Å². The SMILES string of the molecule is O=C1CC(=O)N(c2ccc3ncsc3c2)C1. The van der Waals surface area contributed by atoms with Gasteiger partial charge in [-0.25, -0.2) is 4.98 Å². The van der Waals surface area contributed by atoms with Gasteiger partial charge in [0.05, 0.1) is 28.7 Å². The van der Waals surface area contributed by atoms with E-state index >= 15 is 0 Å². The van der Waals surface area contributed by atoms with Crippen LogP contribution in [-0.4, -0.2) is 23.2 Å². The molecular formula is C11H8N2O2S. The van der Waals surface area contributed by atoms with Crippen LogP contribution in [0, 0.1) is 0 Å². The Morgan fingerprint density at radius 1 is 1.31 bits per heavy atom. The van der Waals surface area contributed by atoms with E-state index in [0.29, 0.717) is 0 Å². The minimum atomic E-state index is -0.117. The zero-order chi connectivity index (χ0) is 11.1. The molecule has 1 saturated heterocycles. The summed E-state index contributed by atoms with van der Waals surface area (Å²) >= 11 is 1.53. The second-order valence-corrected chi connectivity index (χ2v) is 4.59. The van der Waals surface area contributed by atoms with Gasteiger partial charge < -0.3 is 4.90 Å². The van der Waals surface area contributed by atoms with Gasteiger partial charge in [0.15, 0.2) is 5.78 Å². The summed E-state index contributed by atoms with van der Waals surface area (Å²) < 4.78 is 1.03. The van der Waals surface area contributed by atoms with E-state index < -0.39 is 0 Å². The van der Waals surface area contributed by atoms with Gasteiger partial charge in [-0.2, -0.15) is 0 Å². The second kappa shape index (κ2) is 3.38. The fraction of sp³-hybridized carbons (Fsp3) is 0.182. The third kappa shape index (κ3) is 1.40. The summed E-state index contributed by atoms with van der Waals surface area (Å²) in [5.74, 6) is -0.136. The summed E-state index contributed by atoms with van der Waals surface area (Å²) in [7, 11) is 0. The van der Waals surface area contributed by atoms with Crippen LogP contribution in [0.4, 0.5) is 5.69 Å².